The zero-order valence-electron chi connectivity index (χ0n) is 13.4. The highest BCUT2D eigenvalue weighted by Crippen LogP contribution is 2.21. The van der Waals surface area contributed by atoms with E-state index in [4.69, 9.17) is 9.26 Å². The Kier molecular flexibility index (Phi) is 5.01. The van der Waals surface area contributed by atoms with E-state index in [-0.39, 0.29) is 0 Å². The normalized spacial score (nSPS) is 20.8. The van der Waals surface area contributed by atoms with E-state index in [0.29, 0.717) is 6.04 Å². The number of amidine groups is 1. The Morgan fingerprint density at radius 1 is 1.48 bits per heavy atom. The average molecular weight is 292 g/mol. The molecule has 21 heavy (non-hydrogen) atoms. The topological polar surface area (TPSA) is 62.9 Å². The van der Waals surface area contributed by atoms with Crippen LogP contribution in [-0.2, 0) is 4.74 Å². The molecule has 1 N–H and O–H groups in total. The van der Waals surface area contributed by atoms with Crippen molar-refractivity contribution in [3.05, 3.63) is 23.1 Å². The minimum Gasteiger partial charge on any atom is -0.387 e. The lowest BCUT2D eigenvalue weighted by Crippen LogP contribution is -2.46. The Morgan fingerprint density at radius 3 is 2.76 bits per heavy atom. The van der Waals surface area contributed by atoms with Crippen LogP contribution < -0.4 is 5.32 Å². The first-order valence-corrected chi connectivity index (χ1v) is 7.22. The van der Waals surface area contributed by atoms with Crippen LogP contribution in [0.5, 0.6) is 0 Å². The van der Waals surface area contributed by atoms with Gasteiger partial charge in [0.2, 0.25) is 0 Å². The highest BCUT2D eigenvalue weighted by Gasteiger charge is 2.22. The van der Waals surface area contributed by atoms with Gasteiger partial charge in [0.15, 0.2) is 0 Å². The monoisotopic (exact) mass is 292 g/mol. The quantitative estimate of drug-likeness (QED) is 0.677. The van der Waals surface area contributed by atoms with Crippen molar-refractivity contribution in [1.82, 2.24) is 15.4 Å². The van der Waals surface area contributed by atoms with E-state index < -0.39 is 0 Å². The Labute approximate surface area is 125 Å². The summed E-state index contributed by atoms with van der Waals surface area (Å²) in [7, 11) is 3.71. The van der Waals surface area contributed by atoms with Gasteiger partial charge >= 0.3 is 0 Å². The summed E-state index contributed by atoms with van der Waals surface area (Å²) >= 11 is 0. The van der Waals surface area contributed by atoms with Gasteiger partial charge in [-0.3, -0.25) is 4.99 Å². The Bertz CT molecular complexity index is 528. The van der Waals surface area contributed by atoms with Crippen LogP contribution in [0.2, 0.25) is 0 Å². The number of nitrogens with zero attached hydrogens (tertiary/aromatic N) is 3. The summed E-state index contributed by atoms with van der Waals surface area (Å²) in [5.74, 6) is 1.74. The third-order valence-corrected chi connectivity index (χ3v) is 3.74. The van der Waals surface area contributed by atoms with Gasteiger partial charge in [-0.25, -0.2) is 0 Å². The number of aromatic nitrogens is 1. The number of rotatable bonds is 3. The van der Waals surface area contributed by atoms with Crippen LogP contribution in [0.25, 0.3) is 5.70 Å². The van der Waals surface area contributed by atoms with Gasteiger partial charge in [0, 0.05) is 26.7 Å². The van der Waals surface area contributed by atoms with Crippen molar-refractivity contribution in [2.75, 3.05) is 33.9 Å². The third kappa shape index (κ3) is 3.26. The molecule has 0 radical (unpaired) electrons. The van der Waals surface area contributed by atoms with Crippen molar-refractivity contribution in [1.29, 1.82) is 0 Å². The van der Waals surface area contributed by atoms with Crippen molar-refractivity contribution >= 4 is 11.5 Å². The molecule has 0 saturated carbocycles. The summed E-state index contributed by atoms with van der Waals surface area (Å²) in [4.78, 5) is 6.70. The van der Waals surface area contributed by atoms with Crippen LogP contribution in [0.15, 0.2) is 15.6 Å². The fourth-order valence-corrected chi connectivity index (χ4v) is 2.61. The molecule has 0 aromatic carbocycles. The number of ether oxygens (including phenoxy) is 1. The summed E-state index contributed by atoms with van der Waals surface area (Å²) < 4.78 is 10.7. The van der Waals surface area contributed by atoms with Gasteiger partial charge in [0.05, 0.1) is 36.2 Å². The maximum atomic E-state index is 5.49. The second kappa shape index (κ2) is 6.76. The fraction of sp³-hybridized carbons (Fsp3) is 0.600. The Morgan fingerprint density at radius 2 is 2.24 bits per heavy atom. The van der Waals surface area contributed by atoms with Crippen LogP contribution in [-0.4, -0.2) is 55.8 Å². The first kappa shape index (κ1) is 15.6. The molecule has 0 amide bonds. The molecule has 1 aromatic heterocycles. The zero-order valence-corrected chi connectivity index (χ0v) is 13.4. The number of morpholine rings is 1. The lowest BCUT2D eigenvalue weighted by atomic mass is 10.1. The van der Waals surface area contributed by atoms with E-state index in [0.717, 1.165) is 48.3 Å². The van der Waals surface area contributed by atoms with Gasteiger partial charge in [0.1, 0.15) is 11.6 Å². The van der Waals surface area contributed by atoms with E-state index in [9.17, 15) is 0 Å². The smallest absolute Gasteiger partial charge is 0.143 e. The first-order valence-electron chi connectivity index (χ1n) is 7.22. The fourth-order valence-electron chi connectivity index (χ4n) is 2.61. The van der Waals surface area contributed by atoms with Crippen molar-refractivity contribution < 1.29 is 9.26 Å². The van der Waals surface area contributed by atoms with Crippen LogP contribution in [0, 0.1) is 13.8 Å². The van der Waals surface area contributed by atoms with Crippen LogP contribution in [0.3, 0.4) is 0 Å². The number of nitrogens with one attached hydrogen (secondary N) is 1. The molecule has 116 valence electrons. The van der Waals surface area contributed by atoms with Gasteiger partial charge in [-0.2, -0.15) is 0 Å². The third-order valence-electron chi connectivity index (χ3n) is 3.74. The maximum absolute atomic E-state index is 5.49. The van der Waals surface area contributed by atoms with Gasteiger partial charge in [-0.15, -0.1) is 0 Å². The van der Waals surface area contributed by atoms with E-state index in [1.54, 1.807) is 0 Å². The van der Waals surface area contributed by atoms with Gasteiger partial charge in [-0.05, 0) is 20.8 Å². The molecule has 1 fully saturated rings. The summed E-state index contributed by atoms with van der Waals surface area (Å²) in [6.07, 6.45) is 2.05. The predicted octanol–water partition coefficient (Wildman–Crippen LogP) is 1.60. The standard InChI is InChI=1S/C15H24N4O2/c1-10-9-20-7-6-19(10)14(17-5)8-13(16-4)15-11(2)18-21-12(15)3/h8,10,16H,6-7,9H2,1-5H3/b13-8-,17-14+/t10-/m1/s1. The number of hydrogen-bond donors (Lipinski definition) is 1. The molecule has 1 saturated heterocycles. The summed E-state index contributed by atoms with van der Waals surface area (Å²) in [6.45, 7) is 8.32. The van der Waals surface area contributed by atoms with Gasteiger partial charge in [0.25, 0.3) is 0 Å². The number of hydrogen-bond acceptors (Lipinski definition) is 5. The van der Waals surface area contributed by atoms with Crippen LogP contribution in [0.4, 0.5) is 0 Å². The molecule has 1 aromatic rings. The van der Waals surface area contributed by atoms with Crippen molar-refractivity contribution in [3.8, 4) is 0 Å². The SMILES string of the molecule is C/N=C(\C=C(/NC)c1c(C)noc1C)N1CCOC[C@H]1C. The Hall–Kier alpha value is -1.82. The van der Waals surface area contributed by atoms with Crippen molar-refractivity contribution in [2.24, 2.45) is 4.99 Å². The van der Waals surface area contributed by atoms with Crippen LogP contribution in [0.1, 0.15) is 23.9 Å². The molecule has 0 aliphatic carbocycles. The highest BCUT2D eigenvalue weighted by atomic mass is 16.5. The molecule has 0 unspecified atom stereocenters. The molecule has 1 aliphatic heterocycles. The van der Waals surface area contributed by atoms with Crippen molar-refractivity contribution in [3.63, 3.8) is 0 Å². The molecule has 2 heterocycles. The molecule has 0 spiro atoms. The largest absolute Gasteiger partial charge is 0.387 e. The van der Waals surface area contributed by atoms with Crippen molar-refractivity contribution in [2.45, 2.75) is 26.8 Å². The minimum atomic E-state index is 0.316. The second-order valence-electron chi connectivity index (χ2n) is 5.21. The van der Waals surface area contributed by atoms with Gasteiger partial charge in [-0.1, -0.05) is 5.16 Å². The zero-order chi connectivity index (χ0) is 15.4. The summed E-state index contributed by atoms with van der Waals surface area (Å²) in [5.41, 5.74) is 2.84. The first-order chi connectivity index (χ1) is 10.1. The van der Waals surface area contributed by atoms with Crippen LogP contribution >= 0.6 is 0 Å². The van der Waals surface area contributed by atoms with E-state index in [1.165, 1.54) is 0 Å². The molecule has 6 heteroatoms. The molecular weight excluding hydrogens is 268 g/mol. The van der Waals surface area contributed by atoms with E-state index in [2.05, 4.69) is 27.3 Å². The number of aliphatic imine (C=N–C) groups is 1. The van der Waals surface area contributed by atoms with E-state index >= 15 is 0 Å². The average Bonchev–Trinajstić information content (AvgIpc) is 2.81. The molecule has 2 rings (SSSR count). The Balaban J connectivity index is 2.33. The lowest BCUT2D eigenvalue weighted by Gasteiger charge is -2.35. The second-order valence-corrected chi connectivity index (χ2v) is 5.21. The molecule has 0 bridgehead atoms. The van der Waals surface area contributed by atoms with E-state index in [1.807, 2.05) is 34.0 Å². The lowest BCUT2D eigenvalue weighted by molar-refractivity contribution is 0.0336. The predicted molar refractivity (Wildman–Crippen MR) is 83.4 cm³/mol. The minimum absolute atomic E-state index is 0.316. The molecule has 6 nitrogen and oxygen atoms in total. The molecule has 1 aliphatic rings. The summed E-state index contributed by atoms with van der Waals surface area (Å²) in [6, 6.07) is 0.316. The highest BCUT2D eigenvalue weighted by molar-refractivity contribution is 5.99. The maximum Gasteiger partial charge on any atom is 0.143 e. The van der Waals surface area contributed by atoms with Gasteiger partial charge < -0.3 is 19.5 Å². The molecular formula is C15H24N4O2. The number of aryl methyl sites for hydroxylation is 2. The summed E-state index contributed by atoms with van der Waals surface area (Å²) in [5, 5.41) is 7.24. The molecule has 1 atom stereocenters.